The first-order chi connectivity index (χ1) is 9.58. The molecule has 2 fully saturated rings. The van der Waals surface area contributed by atoms with Gasteiger partial charge in [0.15, 0.2) is 0 Å². The van der Waals surface area contributed by atoms with E-state index in [4.69, 9.17) is 5.84 Å². The van der Waals surface area contributed by atoms with Crippen LogP contribution in [0.5, 0.6) is 0 Å². The van der Waals surface area contributed by atoms with E-state index in [0.29, 0.717) is 6.04 Å². The lowest BCUT2D eigenvalue weighted by Crippen LogP contribution is -2.31. The van der Waals surface area contributed by atoms with Crippen molar-refractivity contribution in [1.29, 1.82) is 0 Å². The Balaban J connectivity index is 1.78. The van der Waals surface area contributed by atoms with Crippen molar-refractivity contribution < 1.29 is 0 Å². The van der Waals surface area contributed by atoms with Gasteiger partial charge in [0.1, 0.15) is 0 Å². The average molecular weight is 272 g/mol. The molecule has 2 bridgehead atoms. The normalized spacial score (nSPS) is 29.9. The molecule has 4 atom stereocenters. The fraction of sp³-hybridized carbons (Fsp3) is 0.667. The van der Waals surface area contributed by atoms with Crippen LogP contribution in [0.1, 0.15) is 60.4 Å². The van der Waals surface area contributed by atoms with Gasteiger partial charge >= 0.3 is 0 Å². The zero-order valence-corrected chi connectivity index (χ0v) is 13.1. The van der Waals surface area contributed by atoms with E-state index < -0.39 is 0 Å². The van der Waals surface area contributed by atoms with Gasteiger partial charge in [0.05, 0.1) is 0 Å². The maximum absolute atomic E-state index is 5.89. The maximum Gasteiger partial charge on any atom is 0.0465 e. The SMILES string of the molecule is Cc1cc(C)c(C(CC2CC3CCC2C3)NN)cc1C. The molecule has 0 aliphatic heterocycles. The maximum atomic E-state index is 5.89. The van der Waals surface area contributed by atoms with Crippen LogP contribution < -0.4 is 11.3 Å². The Hall–Kier alpha value is -0.860. The molecule has 4 unspecified atom stereocenters. The van der Waals surface area contributed by atoms with E-state index in [1.54, 1.807) is 0 Å². The van der Waals surface area contributed by atoms with E-state index in [0.717, 1.165) is 17.8 Å². The van der Waals surface area contributed by atoms with Crippen molar-refractivity contribution >= 4 is 0 Å². The summed E-state index contributed by atoms with van der Waals surface area (Å²) in [7, 11) is 0. The van der Waals surface area contributed by atoms with E-state index in [1.807, 2.05) is 0 Å². The number of hydrazine groups is 1. The lowest BCUT2D eigenvalue weighted by Gasteiger charge is -2.28. The van der Waals surface area contributed by atoms with Gasteiger partial charge in [-0.25, -0.2) is 0 Å². The van der Waals surface area contributed by atoms with E-state index >= 15 is 0 Å². The number of hydrogen-bond donors (Lipinski definition) is 2. The highest BCUT2D eigenvalue weighted by Crippen LogP contribution is 2.51. The van der Waals surface area contributed by atoms with Crippen LogP contribution in [0.25, 0.3) is 0 Å². The molecule has 1 aromatic rings. The van der Waals surface area contributed by atoms with Gasteiger partial charge in [-0.05, 0) is 86.5 Å². The van der Waals surface area contributed by atoms with Crippen molar-refractivity contribution in [2.75, 3.05) is 0 Å². The number of hydrogen-bond acceptors (Lipinski definition) is 2. The second kappa shape index (κ2) is 5.50. The minimum Gasteiger partial charge on any atom is -0.271 e. The Morgan fingerprint density at radius 3 is 2.45 bits per heavy atom. The van der Waals surface area contributed by atoms with Crippen LogP contribution in [0.4, 0.5) is 0 Å². The van der Waals surface area contributed by atoms with Crippen molar-refractivity contribution in [3.05, 3.63) is 34.4 Å². The fourth-order valence-corrected chi connectivity index (χ4v) is 4.61. The summed E-state index contributed by atoms with van der Waals surface area (Å²) >= 11 is 0. The Morgan fingerprint density at radius 1 is 1.10 bits per heavy atom. The zero-order chi connectivity index (χ0) is 14.3. The standard InChI is InChI=1S/C18H28N2/c1-11-6-13(3)17(7-12(11)2)18(20-19)10-16-9-14-4-5-15(16)8-14/h6-7,14-16,18,20H,4-5,8-10,19H2,1-3H3. The van der Waals surface area contributed by atoms with Crippen LogP contribution in [-0.2, 0) is 0 Å². The summed E-state index contributed by atoms with van der Waals surface area (Å²) in [5.41, 5.74) is 8.62. The predicted octanol–water partition coefficient (Wildman–Crippen LogP) is 3.94. The van der Waals surface area contributed by atoms with Crippen LogP contribution in [-0.4, -0.2) is 0 Å². The number of nitrogens with two attached hydrogens (primary N) is 1. The van der Waals surface area contributed by atoms with Gasteiger partial charge in [0.2, 0.25) is 0 Å². The van der Waals surface area contributed by atoms with Crippen LogP contribution in [0.3, 0.4) is 0 Å². The predicted molar refractivity (Wildman–Crippen MR) is 84.3 cm³/mol. The van der Waals surface area contributed by atoms with E-state index in [1.165, 1.54) is 54.4 Å². The molecular formula is C18H28N2. The third-order valence-corrected chi connectivity index (χ3v) is 5.88. The average Bonchev–Trinajstić information content (AvgIpc) is 3.03. The lowest BCUT2D eigenvalue weighted by molar-refractivity contribution is 0.279. The molecule has 0 aromatic heterocycles. The zero-order valence-electron chi connectivity index (χ0n) is 13.1. The van der Waals surface area contributed by atoms with Crippen LogP contribution >= 0.6 is 0 Å². The molecule has 0 saturated heterocycles. The summed E-state index contributed by atoms with van der Waals surface area (Å²) < 4.78 is 0. The van der Waals surface area contributed by atoms with Gasteiger partial charge in [-0.15, -0.1) is 0 Å². The number of fused-ring (bicyclic) bond motifs is 2. The lowest BCUT2D eigenvalue weighted by atomic mass is 9.82. The fourth-order valence-electron chi connectivity index (χ4n) is 4.61. The van der Waals surface area contributed by atoms with Gasteiger partial charge in [-0.3, -0.25) is 11.3 Å². The summed E-state index contributed by atoms with van der Waals surface area (Å²) in [4.78, 5) is 0. The molecule has 2 aliphatic carbocycles. The largest absolute Gasteiger partial charge is 0.271 e. The number of benzene rings is 1. The highest BCUT2D eigenvalue weighted by Gasteiger charge is 2.40. The molecule has 2 nitrogen and oxygen atoms in total. The monoisotopic (exact) mass is 272 g/mol. The Kier molecular flexibility index (Phi) is 3.87. The van der Waals surface area contributed by atoms with E-state index in [-0.39, 0.29) is 0 Å². The van der Waals surface area contributed by atoms with Crippen LogP contribution in [0.2, 0.25) is 0 Å². The summed E-state index contributed by atoms with van der Waals surface area (Å²) in [5.74, 6) is 8.77. The molecular weight excluding hydrogens is 244 g/mol. The third kappa shape index (κ3) is 2.51. The third-order valence-electron chi connectivity index (χ3n) is 5.88. The molecule has 2 saturated carbocycles. The highest BCUT2D eigenvalue weighted by molar-refractivity contribution is 5.38. The molecule has 110 valence electrons. The minimum absolute atomic E-state index is 0.318. The van der Waals surface area contributed by atoms with Crippen molar-refractivity contribution in [3.63, 3.8) is 0 Å². The van der Waals surface area contributed by atoms with Crippen LogP contribution in [0, 0.1) is 38.5 Å². The van der Waals surface area contributed by atoms with Gasteiger partial charge in [-0.1, -0.05) is 18.6 Å². The smallest absolute Gasteiger partial charge is 0.0465 e. The first-order valence-corrected chi connectivity index (χ1v) is 8.12. The second-order valence-corrected chi connectivity index (χ2v) is 7.18. The Labute approximate surface area is 123 Å². The summed E-state index contributed by atoms with van der Waals surface area (Å²) in [6.45, 7) is 6.60. The first kappa shape index (κ1) is 14.1. The molecule has 20 heavy (non-hydrogen) atoms. The number of aryl methyl sites for hydroxylation is 3. The van der Waals surface area contributed by atoms with E-state index in [9.17, 15) is 0 Å². The topological polar surface area (TPSA) is 38.0 Å². The van der Waals surface area contributed by atoms with Gasteiger partial charge in [0.25, 0.3) is 0 Å². The summed E-state index contributed by atoms with van der Waals surface area (Å²) in [6.07, 6.45) is 7.06. The van der Waals surface area contributed by atoms with E-state index in [2.05, 4.69) is 38.3 Å². The minimum atomic E-state index is 0.318. The van der Waals surface area contributed by atoms with Crippen molar-refractivity contribution in [2.24, 2.45) is 23.6 Å². The molecule has 0 radical (unpaired) electrons. The van der Waals surface area contributed by atoms with Gasteiger partial charge in [0, 0.05) is 6.04 Å². The van der Waals surface area contributed by atoms with Gasteiger partial charge < -0.3 is 0 Å². The molecule has 0 spiro atoms. The Bertz CT molecular complexity index is 494. The molecule has 0 amide bonds. The molecule has 2 aliphatic rings. The highest BCUT2D eigenvalue weighted by atomic mass is 15.2. The van der Waals surface area contributed by atoms with Crippen LogP contribution in [0.15, 0.2) is 12.1 Å². The number of rotatable bonds is 4. The molecule has 3 N–H and O–H groups in total. The first-order valence-electron chi connectivity index (χ1n) is 8.12. The summed E-state index contributed by atoms with van der Waals surface area (Å²) in [6, 6.07) is 4.96. The quantitative estimate of drug-likeness (QED) is 0.643. The van der Waals surface area contributed by atoms with Gasteiger partial charge in [-0.2, -0.15) is 0 Å². The summed E-state index contributed by atoms with van der Waals surface area (Å²) in [5, 5.41) is 0. The molecule has 3 rings (SSSR count). The Morgan fingerprint density at radius 2 is 1.85 bits per heavy atom. The molecule has 2 heteroatoms. The molecule has 1 aromatic carbocycles. The van der Waals surface area contributed by atoms with Crippen molar-refractivity contribution in [2.45, 2.75) is 58.9 Å². The van der Waals surface area contributed by atoms with Crippen molar-refractivity contribution in [1.82, 2.24) is 5.43 Å². The molecule has 0 heterocycles. The van der Waals surface area contributed by atoms with Crippen molar-refractivity contribution in [3.8, 4) is 0 Å². The number of nitrogens with one attached hydrogen (secondary N) is 1. The second-order valence-electron chi connectivity index (χ2n) is 7.18.